The summed E-state index contributed by atoms with van der Waals surface area (Å²) in [6.45, 7) is 0.586. The molecule has 1 heterocycles. The van der Waals surface area contributed by atoms with E-state index in [1.807, 2.05) is 30.3 Å². The van der Waals surface area contributed by atoms with Crippen LogP contribution in [0.15, 0.2) is 48.8 Å². The summed E-state index contributed by atoms with van der Waals surface area (Å²) in [5, 5.41) is 16.1. The number of hydrogen-bond donors (Lipinski definition) is 4. The smallest absolute Gasteiger partial charge is 0.253 e. The largest absolute Gasteiger partial charge is 0.391 e. The topological polar surface area (TPSA) is 94.2 Å². The highest BCUT2D eigenvalue weighted by molar-refractivity contribution is 5.94. The maximum atomic E-state index is 12.3. The van der Waals surface area contributed by atoms with Gasteiger partial charge in [-0.3, -0.25) is 9.59 Å². The zero-order valence-electron chi connectivity index (χ0n) is 14.7. The summed E-state index contributed by atoms with van der Waals surface area (Å²) in [6, 6.07) is 11.4. The Hall–Kier alpha value is -2.60. The van der Waals surface area contributed by atoms with E-state index in [1.54, 1.807) is 18.5 Å². The van der Waals surface area contributed by atoms with Gasteiger partial charge in [-0.05, 0) is 37.3 Å². The Labute approximate surface area is 153 Å². The molecule has 6 nitrogen and oxygen atoms in total. The lowest BCUT2D eigenvalue weighted by Crippen LogP contribution is -2.49. The van der Waals surface area contributed by atoms with E-state index in [0.717, 1.165) is 6.42 Å². The van der Waals surface area contributed by atoms with Gasteiger partial charge >= 0.3 is 0 Å². The van der Waals surface area contributed by atoms with Crippen LogP contribution in [0.4, 0.5) is 0 Å². The average molecular weight is 355 g/mol. The predicted octanol–water partition coefficient (Wildman–Crippen LogP) is 1.63. The monoisotopic (exact) mass is 355 g/mol. The van der Waals surface area contributed by atoms with Crippen molar-refractivity contribution in [3.05, 3.63) is 59.9 Å². The molecule has 138 valence electrons. The van der Waals surface area contributed by atoms with Gasteiger partial charge in [0.05, 0.1) is 17.7 Å². The number of rotatable bonds is 6. The number of H-pyrrole nitrogens is 1. The molecule has 0 aliphatic heterocycles. The number of hydrogen-bond acceptors (Lipinski definition) is 3. The van der Waals surface area contributed by atoms with Crippen molar-refractivity contribution in [1.82, 2.24) is 15.6 Å². The molecule has 3 atom stereocenters. The van der Waals surface area contributed by atoms with Gasteiger partial charge in [0.2, 0.25) is 5.91 Å². The lowest BCUT2D eigenvalue weighted by Gasteiger charge is -2.32. The third-order valence-electron chi connectivity index (χ3n) is 4.92. The first-order chi connectivity index (χ1) is 12.6. The molecule has 2 aromatic rings. The normalized spacial score (nSPS) is 22.6. The summed E-state index contributed by atoms with van der Waals surface area (Å²) in [4.78, 5) is 27.3. The molecule has 2 amide bonds. The SMILES string of the molecule is O=C(N[C@@H]1CC[C@H](C(=O)NCCc2ccccc2)C[C@H]1O)c1cc[nH]c1. The van der Waals surface area contributed by atoms with Crippen LogP contribution in [0, 0.1) is 5.92 Å². The van der Waals surface area contributed by atoms with Gasteiger partial charge in [-0.1, -0.05) is 30.3 Å². The number of aliphatic hydroxyl groups excluding tert-OH is 1. The Morgan fingerprint density at radius 2 is 1.96 bits per heavy atom. The summed E-state index contributed by atoms with van der Waals surface area (Å²) >= 11 is 0. The van der Waals surface area contributed by atoms with Crippen LogP contribution in [-0.4, -0.2) is 40.6 Å². The second kappa shape index (κ2) is 8.67. The van der Waals surface area contributed by atoms with Gasteiger partial charge in [0, 0.05) is 24.9 Å². The van der Waals surface area contributed by atoms with Gasteiger partial charge < -0.3 is 20.7 Å². The molecule has 0 radical (unpaired) electrons. The highest BCUT2D eigenvalue weighted by Crippen LogP contribution is 2.25. The Morgan fingerprint density at radius 1 is 1.15 bits per heavy atom. The van der Waals surface area contributed by atoms with Gasteiger partial charge in [0.25, 0.3) is 5.91 Å². The summed E-state index contributed by atoms with van der Waals surface area (Å²) in [7, 11) is 0. The van der Waals surface area contributed by atoms with E-state index in [4.69, 9.17) is 0 Å². The third kappa shape index (κ3) is 4.73. The van der Waals surface area contributed by atoms with Gasteiger partial charge in [-0.2, -0.15) is 0 Å². The van der Waals surface area contributed by atoms with Crippen LogP contribution in [0.5, 0.6) is 0 Å². The minimum atomic E-state index is -0.712. The zero-order chi connectivity index (χ0) is 18.4. The van der Waals surface area contributed by atoms with Gasteiger partial charge in [0.15, 0.2) is 0 Å². The van der Waals surface area contributed by atoms with Crippen molar-refractivity contribution >= 4 is 11.8 Å². The van der Waals surface area contributed by atoms with Crippen molar-refractivity contribution < 1.29 is 14.7 Å². The molecule has 1 aromatic heterocycles. The molecule has 26 heavy (non-hydrogen) atoms. The molecule has 6 heteroatoms. The zero-order valence-corrected chi connectivity index (χ0v) is 14.7. The fourth-order valence-corrected chi connectivity index (χ4v) is 3.39. The maximum absolute atomic E-state index is 12.3. The molecule has 1 aliphatic carbocycles. The van der Waals surface area contributed by atoms with E-state index in [-0.39, 0.29) is 23.8 Å². The summed E-state index contributed by atoms with van der Waals surface area (Å²) in [6.07, 6.45) is 5.00. The molecule has 1 aromatic carbocycles. The average Bonchev–Trinajstić information content (AvgIpc) is 3.19. The van der Waals surface area contributed by atoms with Crippen LogP contribution in [-0.2, 0) is 11.2 Å². The molecule has 0 saturated heterocycles. The van der Waals surface area contributed by atoms with Crippen LogP contribution in [0.3, 0.4) is 0 Å². The number of aromatic nitrogens is 1. The minimum Gasteiger partial charge on any atom is -0.391 e. The fourth-order valence-electron chi connectivity index (χ4n) is 3.39. The Bertz CT molecular complexity index is 715. The highest BCUT2D eigenvalue weighted by Gasteiger charge is 2.33. The third-order valence-corrected chi connectivity index (χ3v) is 4.92. The standard InChI is InChI=1S/C20H25N3O3/c24-18-12-15(19(25)22-11-8-14-4-2-1-3-5-14)6-7-17(18)23-20(26)16-9-10-21-13-16/h1-5,9-10,13,15,17-18,21,24H,6-8,11-12H2,(H,22,25)(H,23,26)/t15-,17+,18+/m0/s1. The van der Waals surface area contributed by atoms with Crippen molar-refractivity contribution in [3.63, 3.8) is 0 Å². The Morgan fingerprint density at radius 3 is 2.65 bits per heavy atom. The maximum Gasteiger partial charge on any atom is 0.253 e. The number of carbonyl (C=O) groups is 2. The minimum absolute atomic E-state index is 0.0182. The summed E-state index contributed by atoms with van der Waals surface area (Å²) < 4.78 is 0. The van der Waals surface area contributed by atoms with Gasteiger partial charge in [-0.25, -0.2) is 0 Å². The predicted molar refractivity (Wildman–Crippen MR) is 98.6 cm³/mol. The molecule has 3 rings (SSSR count). The van der Waals surface area contributed by atoms with Gasteiger partial charge in [0.1, 0.15) is 0 Å². The lowest BCUT2D eigenvalue weighted by molar-refractivity contribution is -0.127. The van der Waals surface area contributed by atoms with Crippen LogP contribution in [0.1, 0.15) is 35.2 Å². The Balaban J connectivity index is 1.42. The first kappa shape index (κ1) is 18.2. The van der Waals surface area contributed by atoms with Crippen LogP contribution < -0.4 is 10.6 Å². The molecule has 1 aliphatic rings. The van der Waals surface area contributed by atoms with Crippen LogP contribution in [0.2, 0.25) is 0 Å². The number of benzene rings is 1. The summed E-state index contributed by atoms with van der Waals surface area (Å²) in [5.41, 5.74) is 1.72. The van der Waals surface area contributed by atoms with E-state index >= 15 is 0 Å². The molecular formula is C20H25N3O3. The van der Waals surface area contributed by atoms with Crippen LogP contribution >= 0.6 is 0 Å². The molecular weight excluding hydrogens is 330 g/mol. The van der Waals surface area contributed by atoms with Gasteiger partial charge in [-0.15, -0.1) is 0 Å². The fraction of sp³-hybridized carbons (Fsp3) is 0.400. The number of amides is 2. The van der Waals surface area contributed by atoms with Crippen molar-refractivity contribution in [2.75, 3.05) is 6.54 Å². The molecule has 0 spiro atoms. The van der Waals surface area contributed by atoms with Crippen LogP contribution in [0.25, 0.3) is 0 Å². The quantitative estimate of drug-likeness (QED) is 0.634. The van der Waals surface area contributed by atoms with E-state index < -0.39 is 6.10 Å². The van der Waals surface area contributed by atoms with E-state index in [1.165, 1.54) is 5.56 Å². The van der Waals surface area contributed by atoms with Crippen molar-refractivity contribution in [3.8, 4) is 0 Å². The number of carbonyl (C=O) groups excluding carboxylic acids is 2. The second-order valence-corrected chi connectivity index (χ2v) is 6.78. The molecule has 4 N–H and O–H groups in total. The van der Waals surface area contributed by atoms with E-state index in [0.29, 0.717) is 31.4 Å². The highest BCUT2D eigenvalue weighted by atomic mass is 16.3. The van der Waals surface area contributed by atoms with Crippen molar-refractivity contribution in [2.45, 2.75) is 37.8 Å². The van der Waals surface area contributed by atoms with Crippen molar-refractivity contribution in [2.24, 2.45) is 5.92 Å². The van der Waals surface area contributed by atoms with E-state index in [9.17, 15) is 14.7 Å². The number of nitrogens with one attached hydrogen (secondary N) is 3. The lowest BCUT2D eigenvalue weighted by atomic mass is 9.83. The molecule has 0 unspecified atom stereocenters. The first-order valence-electron chi connectivity index (χ1n) is 9.07. The number of aliphatic hydroxyl groups is 1. The Kier molecular flexibility index (Phi) is 6.07. The molecule has 1 saturated carbocycles. The van der Waals surface area contributed by atoms with Crippen molar-refractivity contribution in [1.29, 1.82) is 0 Å². The summed E-state index contributed by atoms with van der Waals surface area (Å²) in [5.74, 6) is -0.433. The van der Waals surface area contributed by atoms with E-state index in [2.05, 4.69) is 15.6 Å². The first-order valence-corrected chi connectivity index (χ1v) is 9.07. The second-order valence-electron chi connectivity index (χ2n) is 6.78. The number of aromatic amines is 1. The molecule has 0 bridgehead atoms. The molecule has 1 fully saturated rings.